The van der Waals surface area contributed by atoms with Crippen molar-refractivity contribution in [2.24, 2.45) is 0 Å². The van der Waals surface area contributed by atoms with Gasteiger partial charge in [-0.3, -0.25) is 19.5 Å². The van der Waals surface area contributed by atoms with Crippen molar-refractivity contribution >= 4 is 48.7 Å². The van der Waals surface area contributed by atoms with E-state index in [9.17, 15) is 36.4 Å². The zero-order valence-corrected chi connectivity index (χ0v) is 40.6. The molecule has 346 valence electrons. The summed E-state index contributed by atoms with van der Waals surface area (Å²) in [5.74, 6) is 0. The molecule has 0 amide bonds. The Morgan fingerprint density at radius 1 is 0.766 bits per heavy atom. The van der Waals surface area contributed by atoms with E-state index in [-0.39, 0.29) is 20.7 Å². The topological polar surface area (TPSA) is 171 Å². The first-order valence-electron chi connectivity index (χ1n) is 21.7. The van der Waals surface area contributed by atoms with E-state index in [2.05, 4.69) is 109 Å². The van der Waals surface area contributed by atoms with Crippen molar-refractivity contribution in [2.45, 2.75) is 80.4 Å². The molecule has 0 spiro atoms. The summed E-state index contributed by atoms with van der Waals surface area (Å²) in [6, 6.07) is 16.5. The molecule has 0 fully saturated rings. The first kappa shape index (κ1) is 48.8. The second kappa shape index (κ2) is 18.0. The summed E-state index contributed by atoms with van der Waals surface area (Å²) in [4.78, 5) is 1.97. The van der Waals surface area contributed by atoms with Gasteiger partial charge in [-0.1, -0.05) is 32.1 Å². The number of fused-ring (bicyclic) bond motifs is 2. The summed E-state index contributed by atoms with van der Waals surface area (Å²) in [7, 11) is 4.06. The normalized spacial score (nSPS) is 19.0. The van der Waals surface area contributed by atoms with Crippen LogP contribution in [0.3, 0.4) is 0 Å². The van der Waals surface area contributed by atoms with Crippen molar-refractivity contribution in [2.75, 3.05) is 83.9 Å². The number of anilines is 3. The van der Waals surface area contributed by atoms with Crippen LogP contribution in [-0.4, -0.2) is 124 Å². The van der Waals surface area contributed by atoms with Gasteiger partial charge in [-0.2, -0.15) is 21.4 Å². The Labute approximate surface area is 380 Å². The summed E-state index contributed by atoms with van der Waals surface area (Å²) in [6.45, 7) is 11.5. The second-order valence-corrected chi connectivity index (χ2v) is 23.1. The molecule has 64 heavy (non-hydrogen) atoms. The SMILES string of the molecule is CC1(C)C(/C=C/C2=C(Nc3cccc(N(O)O)c3)C(=C/C=C3/N(CCC[N+](C)(C)C)c4ccc(S(=O)(=O)O)cc4C3(C)C)/CCC2)=[N+](CCC[N+](C)(C)C)c2ccc(S(=O)(=O)O)cc21. The molecular formula is C48H67N6O8S2+3. The summed E-state index contributed by atoms with van der Waals surface area (Å²) in [6.07, 6.45) is 12.6. The molecule has 0 unspecified atom stereocenters. The lowest BCUT2D eigenvalue weighted by molar-refractivity contribution is -0.871. The van der Waals surface area contributed by atoms with Gasteiger partial charge in [-0.05, 0) is 104 Å². The summed E-state index contributed by atoms with van der Waals surface area (Å²) < 4.78 is 73.1. The highest BCUT2D eigenvalue weighted by molar-refractivity contribution is 7.86. The molecule has 0 saturated heterocycles. The molecule has 0 aromatic heterocycles. The minimum Gasteiger partial charge on any atom is -0.355 e. The maximum Gasteiger partial charge on any atom is 0.294 e. The van der Waals surface area contributed by atoms with Crippen molar-refractivity contribution in [3.8, 4) is 0 Å². The van der Waals surface area contributed by atoms with Crippen LogP contribution in [0.15, 0.2) is 117 Å². The monoisotopic (exact) mass is 919 g/mol. The largest absolute Gasteiger partial charge is 0.355 e. The number of hydrogen-bond donors (Lipinski definition) is 5. The molecular weight excluding hydrogens is 853 g/mol. The van der Waals surface area contributed by atoms with E-state index in [0.29, 0.717) is 18.8 Å². The van der Waals surface area contributed by atoms with E-state index >= 15 is 0 Å². The molecule has 14 nitrogen and oxygen atoms in total. The molecule has 2 heterocycles. The fourth-order valence-electron chi connectivity index (χ4n) is 9.15. The first-order chi connectivity index (χ1) is 29.6. The van der Waals surface area contributed by atoms with Crippen LogP contribution in [0, 0.1) is 0 Å². The Morgan fingerprint density at radius 2 is 1.39 bits per heavy atom. The molecule has 5 N–H and O–H groups in total. The first-order valence-corrected chi connectivity index (χ1v) is 24.6. The quantitative estimate of drug-likeness (QED) is 0.0408. The lowest BCUT2D eigenvalue weighted by atomic mass is 9.81. The molecule has 3 aromatic carbocycles. The zero-order chi connectivity index (χ0) is 47.2. The van der Waals surface area contributed by atoms with E-state index in [0.717, 1.165) is 105 Å². The molecule has 2 aliphatic heterocycles. The Morgan fingerprint density at radius 3 is 2.02 bits per heavy atom. The van der Waals surface area contributed by atoms with Crippen LogP contribution in [0.2, 0.25) is 0 Å². The lowest BCUT2D eigenvalue weighted by Gasteiger charge is -2.29. The number of quaternary nitrogens is 2. The van der Waals surface area contributed by atoms with Gasteiger partial charge in [-0.25, -0.2) is 0 Å². The molecule has 3 aromatic rings. The maximum atomic E-state index is 12.3. The minimum absolute atomic E-state index is 0.0832. The van der Waals surface area contributed by atoms with Crippen LogP contribution >= 0.6 is 0 Å². The average Bonchev–Trinajstić information content (AvgIpc) is 3.52. The van der Waals surface area contributed by atoms with Gasteiger partial charge < -0.3 is 19.2 Å². The van der Waals surface area contributed by atoms with E-state index in [1.807, 2.05) is 6.07 Å². The molecule has 16 heteroatoms. The number of nitrogens with zero attached hydrogens (tertiary/aromatic N) is 5. The highest BCUT2D eigenvalue weighted by Crippen LogP contribution is 2.49. The predicted molar refractivity (Wildman–Crippen MR) is 253 cm³/mol. The number of rotatable bonds is 16. The number of hydrogen-bond acceptors (Lipinski definition) is 9. The molecule has 6 rings (SSSR count). The van der Waals surface area contributed by atoms with E-state index in [1.165, 1.54) is 12.1 Å². The van der Waals surface area contributed by atoms with Gasteiger partial charge in [0.1, 0.15) is 0 Å². The highest BCUT2D eigenvalue weighted by atomic mass is 32.2. The van der Waals surface area contributed by atoms with Crippen molar-refractivity contribution < 1.29 is 49.9 Å². The third kappa shape index (κ3) is 10.9. The highest BCUT2D eigenvalue weighted by Gasteiger charge is 2.45. The van der Waals surface area contributed by atoms with Gasteiger partial charge in [-0.15, -0.1) is 5.23 Å². The standard InChI is InChI=1S/C48H64N6O8S2/c1-47(2)40-32-38(63(57,58)59)21-23-42(40)50(27-13-29-53(5,6)7)44(47)25-19-34-15-11-16-35(46(34)49-36-17-12-18-37(31-36)52(55)56)20-26-45-48(3,4)41-33-39(64(60,61)62)22-24-43(41)51(45)28-14-30-54(8,9)10/h12,17-26,31-33,55-56H,11,13-16,27-30H2,1-10H3/p+3/b34-19+,44-25+. The summed E-state index contributed by atoms with van der Waals surface area (Å²) in [5.41, 5.74) is 7.84. The van der Waals surface area contributed by atoms with E-state index in [4.69, 9.17) is 0 Å². The Hall–Kier alpha value is -4.65. The summed E-state index contributed by atoms with van der Waals surface area (Å²) >= 11 is 0. The van der Waals surface area contributed by atoms with Gasteiger partial charge in [0.05, 0.1) is 82.7 Å². The molecule has 0 radical (unpaired) electrons. The Kier molecular flexibility index (Phi) is 13.7. The van der Waals surface area contributed by atoms with Crippen LogP contribution in [0.5, 0.6) is 0 Å². The van der Waals surface area contributed by atoms with Gasteiger partial charge in [0, 0.05) is 58.9 Å². The smallest absolute Gasteiger partial charge is 0.294 e. The molecule has 0 saturated carbocycles. The third-order valence-corrected chi connectivity index (χ3v) is 14.2. The maximum absolute atomic E-state index is 12.3. The fourth-order valence-corrected chi connectivity index (χ4v) is 10.2. The average molecular weight is 920 g/mol. The number of benzene rings is 3. The number of allylic oxidation sites excluding steroid dienone is 7. The minimum atomic E-state index is -4.43. The Balaban J connectivity index is 1.50. The fraction of sp³-hybridized carbons (Fsp3) is 0.438. The number of nitrogens with one attached hydrogen (secondary N) is 1. The van der Waals surface area contributed by atoms with Crippen LogP contribution in [0.25, 0.3) is 0 Å². The molecule has 0 bridgehead atoms. The third-order valence-electron chi connectivity index (χ3n) is 12.5. The van der Waals surface area contributed by atoms with Crippen LogP contribution in [-0.2, 0) is 31.1 Å². The lowest BCUT2D eigenvalue weighted by Crippen LogP contribution is -2.37. The van der Waals surface area contributed by atoms with E-state index < -0.39 is 31.1 Å². The van der Waals surface area contributed by atoms with Crippen molar-refractivity contribution in [1.82, 2.24) is 0 Å². The van der Waals surface area contributed by atoms with Gasteiger partial charge >= 0.3 is 0 Å². The van der Waals surface area contributed by atoms with Gasteiger partial charge in [0.25, 0.3) is 20.2 Å². The Bertz CT molecular complexity index is 2680. The van der Waals surface area contributed by atoms with Crippen LogP contribution < -0.4 is 15.4 Å². The predicted octanol–water partition coefficient (Wildman–Crippen LogP) is 8.05. The molecule has 3 aliphatic rings. The second-order valence-electron chi connectivity index (χ2n) is 20.3. The van der Waals surface area contributed by atoms with Crippen molar-refractivity contribution in [3.05, 3.63) is 119 Å². The molecule has 0 atom stereocenters. The van der Waals surface area contributed by atoms with Crippen LogP contribution in [0.1, 0.15) is 70.9 Å². The van der Waals surface area contributed by atoms with E-state index in [1.54, 1.807) is 42.5 Å². The molecule has 1 aliphatic carbocycles. The summed E-state index contributed by atoms with van der Waals surface area (Å²) in [5, 5.41) is 23.5. The van der Waals surface area contributed by atoms with Gasteiger partial charge in [0.15, 0.2) is 12.3 Å². The van der Waals surface area contributed by atoms with Gasteiger partial charge in [0.2, 0.25) is 5.69 Å². The zero-order valence-electron chi connectivity index (χ0n) is 38.9. The van der Waals surface area contributed by atoms with Crippen molar-refractivity contribution in [3.63, 3.8) is 0 Å². The van der Waals surface area contributed by atoms with Crippen molar-refractivity contribution in [1.29, 1.82) is 0 Å². The van der Waals surface area contributed by atoms with Crippen LogP contribution in [0.4, 0.5) is 22.7 Å².